The van der Waals surface area contributed by atoms with E-state index in [0.29, 0.717) is 5.95 Å². The molecule has 0 unspecified atom stereocenters. The van der Waals surface area contributed by atoms with Gasteiger partial charge in [-0.25, -0.2) is 4.98 Å². The summed E-state index contributed by atoms with van der Waals surface area (Å²) < 4.78 is 5.65. The molecule has 0 amide bonds. The van der Waals surface area contributed by atoms with Crippen LogP contribution < -0.4 is 15.4 Å². The molecule has 1 heterocycles. The number of benzene rings is 2. The summed E-state index contributed by atoms with van der Waals surface area (Å²) in [7, 11) is 0. The predicted molar refractivity (Wildman–Crippen MR) is 111 cm³/mol. The van der Waals surface area contributed by atoms with E-state index < -0.39 is 0 Å². The minimum atomic E-state index is 0.154. The Kier molecular flexibility index (Phi) is 6.49. The van der Waals surface area contributed by atoms with Crippen LogP contribution in [-0.2, 0) is 6.42 Å². The number of hydrogen-bond donors (Lipinski definition) is 2. The second kappa shape index (κ2) is 9.24. The molecule has 5 nitrogen and oxygen atoms in total. The van der Waals surface area contributed by atoms with Gasteiger partial charge in [0.15, 0.2) is 0 Å². The molecule has 0 bridgehead atoms. The van der Waals surface area contributed by atoms with E-state index in [1.54, 1.807) is 6.20 Å². The summed E-state index contributed by atoms with van der Waals surface area (Å²) in [6.45, 7) is 4.77. The van der Waals surface area contributed by atoms with Crippen LogP contribution in [0.2, 0.25) is 5.02 Å². The van der Waals surface area contributed by atoms with E-state index in [9.17, 15) is 0 Å². The first kappa shape index (κ1) is 19.0. The average Bonchev–Trinajstić information content (AvgIpc) is 2.63. The zero-order chi connectivity index (χ0) is 19.1. The van der Waals surface area contributed by atoms with Gasteiger partial charge in [0.05, 0.1) is 6.10 Å². The van der Waals surface area contributed by atoms with Crippen LogP contribution in [-0.4, -0.2) is 22.6 Å². The molecule has 0 aliphatic rings. The smallest absolute Gasteiger partial charge is 0.229 e. The molecule has 3 rings (SSSR count). The van der Waals surface area contributed by atoms with Crippen LogP contribution in [0.15, 0.2) is 60.8 Å². The van der Waals surface area contributed by atoms with E-state index in [1.165, 1.54) is 5.56 Å². The van der Waals surface area contributed by atoms with Crippen molar-refractivity contribution in [2.75, 3.05) is 17.2 Å². The van der Waals surface area contributed by atoms with E-state index in [2.05, 4.69) is 26.7 Å². The van der Waals surface area contributed by atoms with E-state index in [-0.39, 0.29) is 6.10 Å². The Morgan fingerprint density at radius 3 is 2.63 bits per heavy atom. The number of ether oxygens (including phenoxy) is 1. The quantitative estimate of drug-likeness (QED) is 0.552. The Morgan fingerprint density at radius 2 is 1.89 bits per heavy atom. The zero-order valence-corrected chi connectivity index (χ0v) is 16.2. The number of hydrogen-bond acceptors (Lipinski definition) is 5. The maximum absolute atomic E-state index is 6.02. The van der Waals surface area contributed by atoms with Gasteiger partial charge < -0.3 is 15.4 Å². The summed E-state index contributed by atoms with van der Waals surface area (Å²) in [5.41, 5.74) is 2.09. The minimum Gasteiger partial charge on any atom is -0.491 e. The summed E-state index contributed by atoms with van der Waals surface area (Å²) >= 11 is 6.02. The lowest BCUT2D eigenvalue weighted by Crippen LogP contribution is -2.08. The van der Waals surface area contributed by atoms with Crippen molar-refractivity contribution in [3.05, 3.63) is 71.4 Å². The van der Waals surface area contributed by atoms with Gasteiger partial charge in [-0.05, 0) is 68.3 Å². The van der Waals surface area contributed by atoms with Gasteiger partial charge in [-0.3, -0.25) is 0 Å². The lowest BCUT2D eigenvalue weighted by atomic mass is 10.1. The highest BCUT2D eigenvalue weighted by Gasteiger charge is 2.02. The third-order valence-electron chi connectivity index (χ3n) is 3.75. The van der Waals surface area contributed by atoms with Crippen molar-refractivity contribution in [3.63, 3.8) is 0 Å². The molecule has 6 heteroatoms. The van der Waals surface area contributed by atoms with Crippen LogP contribution in [0.25, 0.3) is 0 Å². The first-order valence-electron chi connectivity index (χ1n) is 8.93. The highest BCUT2D eigenvalue weighted by Crippen LogP contribution is 2.19. The largest absolute Gasteiger partial charge is 0.491 e. The molecule has 0 saturated heterocycles. The summed E-state index contributed by atoms with van der Waals surface area (Å²) in [6.07, 6.45) is 2.75. The Hall–Kier alpha value is -2.79. The van der Waals surface area contributed by atoms with Crippen molar-refractivity contribution < 1.29 is 4.74 Å². The summed E-state index contributed by atoms with van der Waals surface area (Å²) in [4.78, 5) is 8.77. The van der Waals surface area contributed by atoms with Crippen molar-refractivity contribution in [2.24, 2.45) is 0 Å². The lowest BCUT2D eigenvalue weighted by Gasteiger charge is -2.11. The van der Waals surface area contributed by atoms with Crippen molar-refractivity contribution in [3.8, 4) is 5.75 Å². The fraction of sp³-hybridized carbons (Fsp3) is 0.238. The van der Waals surface area contributed by atoms with Gasteiger partial charge in [0, 0.05) is 23.5 Å². The number of nitrogens with one attached hydrogen (secondary N) is 2. The molecule has 0 aliphatic carbocycles. The fourth-order valence-corrected chi connectivity index (χ4v) is 2.78. The van der Waals surface area contributed by atoms with Gasteiger partial charge in [0.25, 0.3) is 0 Å². The molecular formula is C21H23ClN4O. The third-order valence-corrected chi connectivity index (χ3v) is 3.98. The molecular weight excluding hydrogens is 360 g/mol. The topological polar surface area (TPSA) is 59.1 Å². The summed E-state index contributed by atoms with van der Waals surface area (Å²) in [5.74, 6) is 2.16. The van der Waals surface area contributed by atoms with Crippen LogP contribution in [0.3, 0.4) is 0 Å². The van der Waals surface area contributed by atoms with Crippen LogP contribution in [0.5, 0.6) is 5.75 Å². The number of rotatable bonds is 8. The normalized spacial score (nSPS) is 10.7. The summed E-state index contributed by atoms with van der Waals surface area (Å²) in [6, 6.07) is 17.5. The van der Waals surface area contributed by atoms with Crippen LogP contribution in [0, 0.1) is 0 Å². The molecule has 0 aliphatic heterocycles. The fourth-order valence-electron chi connectivity index (χ4n) is 2.56. The number of nitrogens with zero attached hydrogens (tertiary/aromatic N) is 2. The Morgan fingerprint density at radius 1 is 1.07 bits per heavy atom. The van der Waals surface area contributed by atoms with Crippen LogP contribution in [0.4, 0.5) is 17.5 Å². The molecule has 0 spiro atoms. The number of anilines is 3. The first-order chi connectivity index (χ1) is 13.1. The Labute approximate surface area is 164 Å². The van der Waals surface area contributed by atoms with E-state index >= 15 is 0 Å². The van der Waals surface area contributed by atoms with Crippen LogP contribution in [0.1, 0.15) is 19.4 Å². The van der Waals surface area contributed by atoms with Gasteiger partial charge >= 0.3 is 0 Å². The molecule has 27 heavy (non-hydrogen) atoms. The Bertz CT molecular complexity index is 868. The van der Waals surface area contributed by atoms with E-state index in [4.69, 9.17) is 16.3 Å². The number of halogens is 1. The molecule has 2 N–H and O–H groups in total. The zero-order valence-electron chi connectivity index (χ0n) is 15.4. The monoisotopic (exact) mass is 382 g/mol. The molecule has 140 valence electrons. The second-order valence-electron chi connectivity index (χ2n) is 6.39. The molecule has 3 aromatic rings. The van der Waals surface area contributed by atoms with Crippen molar-refractivity contribution in [1.82, 2.24) is 9.97 Å². The third kappa shape index (κ3) is 6.15. The second-order valence-corrected chi connectivity index (χ2v) is 6.82. The van der Waals surface area contributed by atoms with Crippen molar-refractivity contribution >= 4 is 29.1 Å². The van der Waals surface area contributed by atoms with Crippen LogP contribution >= 0.6 is 11.6 Å². The van der Waals surface area contributed by atoms with E-state index in [1.807, 2.05) is 62.4 Å². The molecule has 0 atom stereocenters. The average molecular weight is 383 g/mol. The maximum Gasteiger partial charge on any atom is 0.229 e. The van der Waals surface area contributed by atoms with Gasteiger partial charge in [0.1, 0.15) is 11.6 Å². The molecule has 0 saturated carbocycles. The van der Waals surface area contributed by atoms with Gasteiger partial charge in [-0.2, -0.15) is 4.98 Å². The highest BCUT2D eigenvalue weighted by molar-refractivity contribution is 6.30. The van der Waals surface area contributed by atoms with Gasteiger partial charge in [0.2, 0.25) is 5.95 Å². The molecule has 0 fully saturated rings. The molecule has 0 radical (unpaired) electrons. The lowest BCUT2D eigenvalue weighted by molar-refractivity contribution is 0.242. The Balaban J connectivity index is 1.55. The maximum atomic E-state index is 6.02. The predicted octanol–water partition coefficient (Wildman–Crippen LogP) is 5.32. The highest BCUT2D eigenvalue weighted by atomic mass is 35.5. The molecule has 2 aromatic carbocycles. The minimum absolute atomic E-state index is 0.154. The van der Waals surface area contributed by atoms with Gasteiger partial charge in [-0.1, -0.05) is 23.7 Å². The SMILES string of the molecule is CC(C)Oc1ccc(Nc2nccc(NCCc3cccc(Cl)c3)n2)cc1. The van der Waals surface area contributed by atoms with Crippen molar-refractivity contribution in [1.29, 1.82) is 0 Å². The van der Waals surface area contributed by atoms with Gasteiger partial charge in [-0.15, -0.1) is 0 Å². The number of aromatic nitrogens is 2. The first-order valence-corrected chi connectivity index (χ1v) is 9.31. The standard InChI is InChI=1S/C21H23ClN4O/c1-15(2)27-19-8-6-18(7-9-19)25-21-24-13-11-20(26-21)23-12-10-16-4-3-5-17(22)14-16/h3-9,11,13-15H,10,12H2,1-2H3,(H2,23,24,25,26). The molecule has 1 aromatic heterocycles. The van der Waals surface area contributed by atoms with E-state index in [0.717, 1.165) is 35.2 Å². The summed E-state index contributed by atoms with van der Waals surface area (Å²) in [5, 5.41) is 7.28. The van der Waals surface area contributed by atoms with Crippen molar-refractivity contribution in [2.45, 2.75) is 26.4 Å².